The zero-order valence-electron chi connectivity index (χ0n) is 11.4. The molecule has 0 aromatic rings. The van der Waals surface area contributed by atoms with Crippen LogP contribution in [0, 0.1) is 0 Å². The van der Waals surface area contributed by atoms with Crippen LogP contribution in [0.25, 0.3) is 0 Å². The van der Waals surface area contributed by atoms with Crippen LogP contribution in [0.5, 0.6) is 0 Å². The molecule has 3 nitrogen and oxygen atoms in total. The summed E-state index contributed by atoms with van der Waals surface area (Å²) in [6, 6.07) is 0. The molecule has 106 valence electrons. The van der Waals surface area contributed by atoms with Crippen molar-refractivity contribution < 1.29 is 15.0 Å². The molecule has 0 bridgehead atoms. The van der Waals surface area contributed by atoms with Gasteiger partial charge in [-0.15, -0.1) is 6.58 Å². The molecule has 0 aliphatic heterocycles. The smallest absolute Gasteiger partial charge is 0.332 e. The van der Waals surface area contributed by atoms with Crippen LogP contribution in [0.15, 0.2) is 12.7 Å². The second-order valence-electron chi connectivity index (χ2n) is 4.90. The second-order valence-corrected chi connectivity index (χ2v) is 4.90. The molecule has 1 unspecified atom stereocenters. The third-order valence-electron chi connectivity index (χ3n) is 3.17. The fourth-order valence-corrected chi connectivity index (χ4v) is 1.99. The van der Waals surface area contributed by atoms with Crippen molar-refractivity contribution in [3.8, 4) is 0 Å². The van der Waals surface area contributed by atoms with Crippen LogP contribution in [0.3, 0.4) is 0 Å². The van der Waals surface area contributed by atoms with Gasteiger partial charge in [-0.2, -0.15) is 0 Å². The van der Waals surface area contributed by atoms with Crippen LogP contribution in [0.4, 0.5) is 0 Å². The summed E-state index contributed by atoms with van der Waals surface area (Å²) in [6.07, 6.45) is 13.0. The number of carboxylic acids is 1. The van der Waals surface area contributed by atoms with Crippen molar-refractivity contribution in [3.63, 3.8) is 0 Å². The molecule has 0 saturated heterocycles. The number of hydrogen-bond donors (Lipinski definition) is 2. The van der Waals surface area contributed by atoms with Gasteiger partial charge in [0.25, 0.3) is 0 Å². The summed E-state index contributed by atoms with van der Waals surface area (Å²) in [5, 5.41) is 17.6. The van der Waals surface area contributed by atoms with Crippen molar-refractivity contribution in [1.29, 1.82) is 0 Å². The van der Waals surface area contributed by atoms with Gasteiger partial charge < -0.3 is 10.2 Å². The van der Waals surface area contributed by atoms with E-state index >= 15 is 0 Å². The lowest BCUT2D eigenvalue weighted by molar-refractivity contribution is -0.146. The minimum Gasteiger partial charge on any atom is -0.479 e. The number of hydrogen-bond acceptors (Lipinski definition) is 2. The molecule has 18 heavy (non-hydrogen) atoms. The Morgan fingerprint density at radius 2 is 1.39 bits per heavy atom. The molecule has 0 aliphatic rings. The number of carboxylic acid groups (broad SMARTS) is 1. The molecule has 0 fully saturated rings. The lowest BCUT2D eigenvalue weighted by Crippen LogP contribution is -2.18. The van der Waals surface area contributed by atoms with Gasteiger partial charge in [-0.05, 0) is 19.3 Å². The first-order valence-electron chi connectivity index (χ1n) is 7.20. The van der Waals surface area contributed by atoms with E-state index in [0.717, 1.165) is 25.7 Å². The minimum atomic E-state index is -1.17. The van der Waals surface area contributed by atoms with Gasteiger partial charge in [-0.1, -0.05) is 57.4 Å². The molecule has 2 N–H and O–H groups in total. The lowest BCUT2D eigenvalue weighted by Gasteiger charge is -2.05. The second kappa shape index (κ2) is 12.6. The van der Waals surface area contributed by atoms with Crippen LogP contribution in [-0.4, -0.2) is 22.3 Å². The molecule has 0 aliphatic carbocycles. The predicted octanol–water partition coefficient (Wildman–Crippen LogP) is 3.91. The summed E-state index contributed by atoms with van der Waals surface area (Å²) < 4.78 is 0. The van der Waals surface area contributed by atoms with Crippen LogP contribution >= 0.6 is 0 Å². The van der Waals surface area contributed by atoms with Crippen LogP contribution in [0.1, 0.15) is 70.6 Å². The standard InChI is InChI=1S/C15H28O3/c1-2-3-4-5-6-7-8-9-10-11-12-13-14(16)15(17)18/h2,14,16H,1,3-13H2,(H,17,18). The number of allylic oxidation sites excluding steroid dienone is 1. The van der Waals surface area contributed by atoms with Gasteiger partial charge in [0.2, 0.25) is 0 Å². The summed E-state index contributed by atoms with van der Waals surface area (Å²) in [5.41, 5.74) is 0. The maximum absolute atomic E-state index is 10.4. The quantitative estimate of drug-likeness (QED) is 0.388. The molecular weight excluding hydrogens is 228 g/mol. The number of aliphatic hydroxyl groups is 1. The highest BCUT2D eigenvalue weighted by molar-refractivity contribution is 5.71. The van der Waals surface area contributed by atoms with Gasteiger partial charge in [0.05, 0.1) is 0 Å². The van der Waals surface area contributed by atoms with Crippen LogP contribution in [0.2, 0.25) is 0 Å². The molecule has 0 spiro atoms. The van der Waals surface area contributed by atoms with E-state index in [4.69, 9.17) is 10.2 Å². The normalized spacial score (nSPS) is 12.3. The Morgan fingerprint density at radius 1 is 0.944 bits per heavy atom. The highest BCUT2D eigenvalue weighted by Gasteiger charge is 2.11. The summed E-state index contributed by atoms with van der Waals surface area (Å²) >= 11 is 0. The first-order chi connectivity index (χ1) is 8.68. The molecule has 0 radical (unpaired) electrons. The average Bonchev–Trinajstić information content (AvgIpc) is 2.35. The maximum Gasteiger partial charge on any atom is 0.332 e. The molecular formula is C15H28O3. The van der Waals surface area contributed by atoms with Gasteiger partial charge in [-0.3, -0.25) is 0 Å². The monoisotopic (exact) mass is 256 g/mol. The zero-order valence-corrected chi connectivity index (χ0v) is 11.4. The van der Waals surface area contributed by atoms with Gasteiger partial charge in [0.1, 0.15) is 0 Å². The fraction of sp³-hybridized carbons (Fsp3) is 0.800. The molecule has 3 heteroatoms. The van der Waals surface area contributed by atoms with E-state index < -0.39 is 12.1 Å². The number of aliphatic hydroxyl groups excluding tert-OH is 1. The van der Waals surface area contributed by atoms with Crippen molar-refractivity contribution in [2.45, 2.75) is 76.7 Å². The zero-order chi connectivity index (χ0) is 13.6. The third kappa shape index (κ3) is 11.6. The topological polar surface area (TPSA) is 57.5 Å². The molecule has 1 atom stereocenters. The maximum atomic E-state index is 10.4. The number of carbonyl (C=O) groups is 1. The van der Waals surface area contributed by atoms with E-state index in [2.05, 4.69) is 6.58 Å². The molecule has 0 aromatic heterocycles. The van der Waals surface area contributed by atoms with Crippen LogP contribution < -0.4 is 0 Å². The Kier molecular flexibility index (Phi) is 12.0. The Morgan fingerprint density at radius 3 is 1.83 bits per heavy atom. The Labute approximate surface area is 111 Å². The van der Waals surface area contributed by atoms with Crippen molar-refractivity contribution in [2.24, 2.45) is 0 Å². The lowest BCUT2D eigenvalue weighted by atomic mass is 10.0. The minimum absolute atomic E-state index is 0.386. The van der Waals surface area contributed by atoms with Crippen molar-refractivity contribution in [2.75, 3.05) is 0 Å². The Hall–Kier alpha value is -0.830. The molecule has 0 saturated carbocycles. The first-order valence-corrected chi connectivity index (χ1v) is 7.20. The van der Waals surface area contributed by atoms with E-state index in [-0.39, 0.29) is 0 Å². The Balaban J connectivity index is 3.07. The summed E-state index contributed by atoms with van der Waals surface area (Å²) in [4.78, 5) is 10.4. The fourth-order valence-electron chi connectivity index (χ4n) is 1.99. The molecule has 0 amide bonds. The van der Waals surface area contributed by atoms with E-state index in [1.165, 1.54) is 38.5 Å². The van der Waals surface area contributed by atoms with Gasteiger partial charge in [-0.25, -0.2) is 4.79 Å². The van der Waals surface area contributed by atoms with Gasteiger partial charge in [0, 0.05) is 0 Å². The molecule has 0 aromatic carbocycles. The van der Waals surface area contributed by atoms with E-state index in [0.29, 0.717) is 6.42 Å². The van der Waals surface area contributed by atoms with Gasteiger partial charge >= 0.3 is 5.97 Å². The summed E-state index contributed by atoms with van der Waals surface area (Å²) in [6.45, 7) is 3.71. The Bertz CT molecular complexity index is 214. The predicted molar refractivity (Wildman–Crippen MR) is 74.6 cm³/mol. The first kappa shape index (κ1) is 17.2. The number of unbranched alkanes of at least 4 members (excludes halogenated alkanes) is 9. The third-order valence-corrected chi connectivity index (χ3v) is 3.17. The van der Waals surface area contributed by atoms with E-state index in [1.54, 1.807) is 0 Å². The van der Waals surface area contributed by atoms with Crippen molar-refractivity contribution in [3.05, 3.63) is 12.7 Å². The van der Waals surface area contributed by atoms with E-state index in [9.17, 15) is 4.79 Å². The summed E-state index contributed by atoms with van der Waals surface area (Å²) in [5.74, 6) is -1.10. The number of rotatable bonds is 13. The molecule has 0 heterocycles. The van der Waals surface area contributed by atoms with E-state index in [1.807, 2.05) is 6.08 Å². The largest absolute Gasteiger partial charge is 0.479 e. The number of aliphatic carboxylic acids is 1. The van der Waals surface area contributed by atoms with Crippen molar-refractivity contribution in [1.82, 2.24) is 0 Å². The summed E-state index contributed by atoms with van der Waals surface area (Å²) in [7, 11) is 0. The van der Waals surface area contributed by atoms with Gasteiger partial charge in [0.15, 0.2) is 6.10 Å². The van der Waals surface area contributed by atoms with Crippen molar-refractivity contribution >= 4 is 5.97 Å². The van der Waals surface area contributed by atoms with Crippen LogP contribution in [-0.2, 0) is 4.79 Å². The average molecular weight is 256 g/mol. The highest BCUT2D eigenvalue weighted by Crippen LogP contribution is 2.12. The molecule has 0 rings (SSSR count). The highest BCUT2D eigenvalue weighted by atomic mass is 16.4. The SMILES string of the molecule is C=CCCCCCCCCCCCC(O)C(=O)O.